The van der Waals surface area contributed by atoms with Gasteiger partial charge in [0.25, 0.3) is 5.91 Å². The number of halogens is 1. The number of amides is 1. The molecule has 3 rings (SSSR count). The summed E-state index contributed by atoms with van der Waals surface area (Å²) in [6, 6.07) is 7.21. The number of nitrogen functional groups attached to an aromatic ring is 1. The number of anilines is 2. The fourth-order valence-electron chi connectivity index (χ4n) is 1.71. The van der Waals surface area contributed by atoms with Crippen LogP contribution in [0.3, 0.4) is 0 Å². The summed E-state index contributed by atoms with van der Waals surface area (Å²) in [6.07, 6.45) is 1.35. The predicted octanol–water partition coefficient (Wildman–Crippen LogP) is 1.84. The lowest BCUT2D eigenvalue weighted by atomic mass is 10.3. The Morgan fingerprint density at radius 2 is 1.95 bits per heavy atom. The fourth-order valence-corrected chi connectivity index (χ4v) is 1.89. The highest BCUT2D eigenvalue weighted by Gasteiger charge is 2.15. The van der Waals surface area contributed by atoms with Crippen LogP contribution in [0.2, 0.25) is 5.15 Å². The molecule has 1 amide bonds. The third-order valence-electron chi connectivity index (χ3n) is 2.66. The smallest absolute Gasteiger partial charge is 0.277 e. The summed E-state index contributed by atoms with van der Waals surface area (Å²) in [5, 5.41) is 8.84. The molecule has 0 atom stereocenters. The zero-order valence-electron chi connectivity index (χ0n) is 10.1. The second-order valence-corrected chi connectivity index (χ2v) is 4.36. The van der Waals surface area contributed by atoms with Crippen LogP contribution in [0.5, 0.6) is 0 Å². The highest BCUT2D eigenvalue weighted by Crippen LogP contribution is 2.21. The quantitative estimate of drug-likeness (QED) is 0.666. The van der Waals surface area contributed by atoms with Gasteiger partial charge in [-0.1, -0.05) is 23.7 Å². The average Bonchev–Trinajstić information content (AvgIpc) is 2.86. The Morgan fingerprint density at radius 1 is 1.25 bits per heavy atom. The number of benzene rings is 1. The van der Waals surface area contributed by atoms with Gasteiger partial charge >= 0.3 is 0 Å². The van der Waals surface area contributed by atoms with Gasteiger partial charge in [0.05, 0.1) is 22.9 Å². The molecule has 0 aliphatic rings. The summed E-state index contributed by atoms with van der Waals surface area (Å²) >= 11 is 6.00. The van der Waals surface area contributed by atoms with Gasteiger partial charge in [-0.25, -0.2) is 9.97 Å². The van der Waals surface area contributed by atoms with E-state index in [0.29, 0.717) is 11.0 Å². The summed E-state index contributed by atoms with van der Waals surface area (Å²) in [7, 11) is 0. The van der Waals surface area contributed by atoms with Crippen LogP contribution in [0.1, 0.15) is 10.5 Å². The summed E-state index contributed by atoms with van der Waals surface area (Å²) in [5.41, 5.74) is 7.27. The second kappa shape index (κ2) is 4.78. The minimum atomic E-state index is -0.480. The third kappa shape index (κ3) is 2.14. The molecule has 100 valence electrons. The van der Waals surface area contributed by atoms with Gasteiger partial charge in [-0.2, -0.15) is 5.10 Å². The molecule has 2 aromatic heterocycles. The molecule has 0 spiro atoms. The Bertz CT molecular complexity index is 799. The van der Waals surface area contributed by atoms with E-state index in [1.165, 1.54) is 6.20 Å². The minimum absolute atomic E-state index is 0.107. The number of aromatic nitrogens is 4. The molecule has 4 N–H and O–H groups in total. The Hall–Kier alpha value is -2.67. The van der Waals surface area contributed by atoms with Crippen molar-refractivity contribution in [1.29, 1.82) is 0 Å². The Labute approximate surface area is 118 Å². The summed E-state index contributed by atoms with van der Waals surface area (Å²) in [4.78, 5) is 20.4. The monoisotopic (exact) mass is 288 g/mol. The van der Waals surface area contributed by atoms with Gasteiger partial charge in [0.1, 0.15) is 5.69 Å². The van der Waals surface area contributed by atoms with Gasteiger partial charge in [0.15, 0.2) is 11.0 Å². The number of fused-ring (bicyclic) bond motifs is 1. The Kier molecular flexibility index (Phi) is 2.96. The summed E-state index contributed by atoms with van der Waals surface area (Å²) in [6.45, 7) is 0. The molecule has 0 saturated heterocycles. The molecular weight excluding hydrogens is 280 g/mol. The number of para-hydroxylation sites is 2. The van der Waals surface area contributed by atoms with Gasteiger partial charge in [-0.05, 0) is 12.1 Å². The molecule has 1 aromatic carbocycles. The molecule has 0 fully saturated rings. The molecule has 3 aromatic rings. The number of hydrogen-bond acceptors (Lipinski definition) is 5. The topological polar surface area (TPSA) is 110 Å². The molecule has 20 heavy (non-hydrogen) atoms. The standard InChI is InChI=1S/C12H9ClN6O/c13-10-11(17-8-4-2-1-3-7(8)16-10)18-12(20)9-6(14)5-15-19-9/h1-5H,14H2,(H,15,19)(H,17,18,20). The van der Waals surface area contributed by atoms with Crippen LogP contribution in [-0.4, -0.2) is 26.1 Å². The van der Waals surface area contributed by atoms with Crippen LogP contribution in [0.15, 0.2) is 30.5 Å². The number of rotatable bonds is 2. The molecule has 7 nitrogen and oxygen atoms in total. The fraction of sp³-hybridized carbons (Fsp3) is 0. The normalized spacial score (nSPS) is 10.7. The molecule has 0 aliphatic heterocycles. The molecule has 8 heteroatoms. The van der Waals surface area contributed by atoms with Crippen molar-refractivity contribution in [3.05, 3.63) is 41.3 Å². The first-order valence-corrected chi connectivity index (χ1v) is 6.05. The van der Waals surface area contributed by atoms with Crippen LogP contribution < -0.4 is 11.1 Å². The van der Waals surface area contributed by atoms with E-state index in [0.717, 1.165) is 0 Å². The van der Waals surface area contributed by atoms with Crippen molar-refractivity contribution in [1.82, 2.24) is 20.2 Å². The first-order chi connectivity index (χ1) is 9.65. The molecule has 2 heterocycles. The van der Waals surface area contributed by atoms with Crippen molar-refractivity contribution in [2.75, 3.05) is 11.1 Å². The largest absolute Gasteiger partial charge is 0.396 e. The van der Waals surface area contributed by atoms with E-state index >= 15 is 0 Å². The van der Waals surface area contributed by atoms with Crippen LogP contribution in [0, 0.1) is 0 Å². The first-order valence-electron chi connectivity index (χ1n) is 5.67. The van der Waals surface area contributed by atoms with Crippen molar-refractivity contribution in [2.24, 2.45) is 0 Å². The predicted molar refractivity (Wildman–Crippen MR) is 75.5 cm³/mol. The number of carbonyl (C=O) groups is 1. The van der Waals surface area contributed by atoms with Crippen molar-refractivity contribution in [3.63, 3.8) is 0 Å². The Morgan fingerprint density at radius 3 is 2.60 bits per heavy atom. The van der Waals surface area contributed by atoms with Crippen molar-refractivity contribution in [2.45, 2.75) is 0 Å². The number of aromatic amines is 1. The van der Waals surface area contributed by atoms with Crippen molar-refractivity contribution >= 4 is 40.0 Å². The molecule has 0 unspecified atom stereocenters. The highest BCUT2D eigenvalue weighted by atomic mass is 35.5. The number of nitrogens with zero attached hydrogens (tertiary/aromatic N) is 3. The van der Waals surface area contributed by atoms with Gasteiger partial charge in [-0.15, -0.1) is 0 Å². The SMILES string of the molecule is Nc1cn[nH]c1C(=O)Nc1nc2ccccc2nc1Cl. The van der Waals surface area contributed by atoms with E-state index in [1.807, 2.05) is 12.1 Å². The van der Waals surface area contributed by atoms with E-state index in [-0.39, 0.29) is 22.4 Å². The molecule has 0 aliphatic carbocycles. The van der Waals surface area contributed by atoms with Gasteiger partial charge in [0.2, 0.25) is 0 Å². The van der Waals surface area contributed by atoms with Crippen LogP contribution in [0.4, 0.5) is 11.5 Å². The maximum absolute atomic E-state index is 12.0. The lowest BCUT2D eigenvalue weighted by molar-refractivity contribution is 0.102. The first kappa shape index (κ1) is 12.4. The van der Waals surface area contributed by atoms with Crippen LogP contribution in [-0.2, 0) is 0 Å². The van der Waals surface area contributed by atoms with Crippen LogP contribution in [0.25, 0.3) is 11.0 Å². The third-order valence-corrected chi connectivity index (χ3v) is 2.92. The van der Waals surface area contributed by atoms with E-state index in [9.17, 15) is 4.79 Å². The second-order valence-electron chi connectivity index (χ2n) is 4.01. The minimum Gasteiger partial charge on any atom is -0.396 e. The van der Waals surface area contributed by atoms with Gasteiger partial charge < -0.3 is 11.1 Å². The number of hydrogen-bond donors (Lipinski definition) is 3. The summed E-state index contributed by atoms with van der Waals surface area (Å²) in [5.74, 6) is -0.309. The van der Waals surface area contributed by atoms with E-state index in [4.69, 9.17) is 17.3 Å². The van der Waals surface area contributed by atoms with Gasteiger partial charge in [0, 0.05) is 0 Å². The lowest BCUT2D eigenvalue weighted by Gasteiger charge is -2.06. The molecule has 0 bridgehead atoms. The maximum Gasteiger partial charge on any atom is 0.277 e. The highest BCUT2D eigenvalue weighted by molar-refractivity contribution is 6.32. The zero-order valence-corrected chi connectivity index (χ0v) is 10.8. The van der Waals surface area contributed by atoms with Crippen molar-refractivity contribution in [3.8, 4) is 0 Å². The molecule has 0 radical (unpaired) electrons. The van der Waals surface area contributed by atoms with Crippen LogP contribution >= 0.6 is 11.6 Å². The molecule has 0 saturated carbocycles. The molecular formula is C12H9ClN6O. The average molecular weight is 289 g/mol. The van der Waals surface area contributed by atoms with E-state index in [2.05, 4.69) is 25.5 Å². The number of H-pyrrole nitrogens is 1. The maximum atomic E-state index is 12.0. The lowest BCUT2D eigenvalue weighted by Crippen LogP contribution is -2.15. The number of carbonyl (C=O) groups excluding carboxylic acids is 1. The van der Waals surface area contributed by atoms with Gasteiger partial charge in [-0.3, -0.25) is 9.89 Å². The Balaban J connectivity index is 1.96. The van der Waals surface area contributed by atoms with E-state index < -0.39 is 5.91 Å². The summed E-state index contributed by atoms with van der Waals surface area (Å²) < 4.78 is 0. The zero-order chi connectivity index (χ0) is 14.1. The number of nitrogens with two attached hydrogens (primary N) is 1. The number of nitrogens with one attached hydrogen (secondary N) is 2. The van der Waals surface area contributed by atoms with E-state index in [1.54, 1.807) is 12.1 Å². The van der Waals surface area contributed by atoms with Crippen molar-refractivity contribution < 1.29 is 4.79 Å².